The monoisotopic (exact) mass is 459 g/mol. The molecule has 0 aliphatic heterocycles. The van der Waals surface area contributed by atoms with Crippen LogP contribution in [0.25, 0.3) is 11.3 Å². The van der Waals surface area contributed by atoms with Gasteiger partial charge in [0.05, 0.1) is 12.2 Å². The van der Waals surface area contributed by atoms with Gasteiger partial charge < -0.3 is 10.1 Å². The van der Waals surface area contributed by atoms with Crippen molar-refractivity contribution in [3.05, 3.63) is 35.7 Å². The minimum absolute atomic E-state index is 0.0568. The number of hydrogen-bond donors (Lipinski definition) is 1. The molecule has 30 heavy (non-hydrogen) atoms. The molecule has 0 aliphatic rings. The topological polar surface area (TPSA) is 64.1 Å². The third-order valence-corrected chi connectivity index (χ3v) is 4.46. The van der Waals surface area contributed by atoms with Gasteiger partial charge in [0.15, 0.2) is 0 Å². The highest BCUT2D eigenvalue weighted by Crippen LogP contribution is 2.30. The molecule has 0 radical (unpaired) electrons. The molecule has 0 spiro atoms. The van der Waals surface area contributed by atoms with Gasteiger partial charge in [-0.3, -0.25) is 4.79 Å². The van der Waals surface area contributed by atoms with Crippen LogP contribution in [0.1, 0.15) is 32.2 Å². The van der Waals surface area contributed by atoms with E-state index in [0.717, 1.165) is 0 Å². The number of hydrogen-bond acceptors (Lipinski definition) is 5. The SMILES string of the molecule is CC.CC#CSc1nc(CNC(=O)CCl)nc(-c2ccc(OC(F)(F)F)cc2)c1C. The molecule has 1 heterocycles. The van der Waals surface area contributed by atoms with Gasteiger partial charge in [-0.1, -0.05) is 19.8 Å². The number of carbonyl (C=O) groups excluding carboxylic acids is 1. The van der Waals surface area contributed by atoms with Crippen LogP contribution in [0.15, 0.2) is 29.3 Å². The standard InChI is InChI=1S/C18H15ClF3N3O2S.C2H6/c1-3-8-28-17-11(2)16(24-14(25-17)10-23-15(26)9-19)12-4-6-13(7-5-12)27-18(20,21)22;1-2/h4-7H,9-10H2,1-2H3,(H,23,26);1-2H3. The molecule has 1 amide bonds. The van der Waals surface area contributed by atoms with E-state index in [2.05, 4.69) is 31.2 Å². The lowest BCUT2D eigenvalue weighted by Crippen LogP contribution is -2.25. The Kier molecular flexibility index (Phi) is 10.5. The summed E-state index contributed by atoms with van der Waals surface area (Å²) in [6, 6.07) is 5.35. The molecule has 10 heteroatoms. The summed E-state index contributed by atoms with van der Waals surface area (Å²) in [4.78, 5) is 20.2. The van der Waals surface area contributed by atoms with Gasteiger partial charge >= 0.3 is 6.36 Å². The summed E-state index contributed by atoms with van der Waals surface area (Å²) in [5.41, 5.74) is 1.80. The first-order chi connectivity index (χ1) is 14.2. The first-order valence-electron chi connectivity index (χ1n) is 8.88. The van der Waals surface area contributed by atoms with E-state index < -0.39 is 6.36 Å². The van der Waals surface area contributed by atoms with Crippen molar-refractivity contribution in [3.8, 4) is 28.2 Å². The summed E-state index contributed by atoms with van der Waals surface area (Å²) in [5, 5.41) is 6.01. The molecule has 0 unspecified atom stereocenters. The molecular formula is C20H21ClF3N3O2S. The smallest absolute Gasteiger partial charge is 0.406 e. The number of thioether (sulfide) groups is 1. The zero-order valence-electron chi connectivity index (χ0n) is 16.9. The Balaban J connectivity index is 0.00000218. The van der Waals surface area contributed by atoms with Gasteiger partial charge in [0.2, 0.25) is 5.91 Å². The molecule has 1 aromatic carbocycles. The van der Waals surface area contributed by atoms with Gasteiger partial charge in [-0.2, -0.15) is 0 Å². The summed E-state index contributed by atoms with van der Waals surface area (Å²) in [7, 11) is 0. The highest BCUT2D eigenvalue weighted by Gasteiger charge is 2.31. The zero-order chi connectivity index (χ0) is 22.7. The molecule has 0 saturated carbocycles. The number of aromatic nitrogens is 2. The maximum atomic E-state index is 12.3. The van der Waals surface area contributed by atoms with E-state index in [0.29, 0.717) is 27.7 Å². The third kappa shape index (κ3) is 8.13. The Bertz CT molecular complexity index is 910. The van der Waals surface area contributed by atoms with Crippen LogP contribution in [0, 0.1) is 18.1 Å². The van der Waals surface area contributed by atoms with E-state index in [4.69, 9.17) is 11.6 Å². The fourth-order valence-corrected chi connectivity index (χ4v) is 2.83. The number of rotatable bonds is 6. The molecule has 162 valence electrons. The van der Waals surface area contributed by atoms with Crippen LogP contribution in [0.3, 0.4) is 0 Å². The maximum Gasteiger partial charge on any atom is 0.573 e. The Morgan fingerprint density at radius 1 is 1.23 bits per heavy atom. The first kappa shape index (κ1) is 25.6. The molecular weight excluding hydrogens is 439 g/mol. The number of amides is 1. The molecule has 0 atom stereocenters. The Morgan fingerprint density at radius 2 is 1.87 bits per heavy atom. The normalized spacial score (nSPS) is 10.3. The van der Waals surface area contributed by atoms with Crippen LogP contribution in [-0.2, 0) is 11.3 Å². The van der Waals surface area contributed by atoms with Crippen molar-refractivity contribution in [2.45, 2.75) is 45.6 Å². The number of halogens is 4. The van der Waals surface area contributed by atoms with Crippen LogP contribution in [0.5, 0.6) is 5.75 Å². The molecule has 0 fully saturated rings. The van der Waals surface area contributed by atoms with E-state index in [1.54, 1.807) is 13.8 Å². The highest BCUT2D eigenvalue weighted by molar-refractivity contribution is 8.03. The average molecular weight is 460 g/mol. The summed E-state index contributed by atoms with van der Waals surface area (Å²) in [5.74, 6) is 2.19. The lowest BCUT2D eigenvalue weighted by Gasteiger charge is -2.13. The van der Waals surface area contributed by atoms with E-state index in [1.807, 2.05) is 13.8 Å². The average Bonchev–Trinajstić information content (AvgIpc) is 2.72. The van der Waals surface area contributed by atoms with Crippen molar-refractivity contribution >= 4 is 29.3 Å². The zero-order valence-corrected chi connectivity index (χ0v) is 18.4. The molecule has 1 N–H and O–H groups in total. The van der Waals surface area contributed by atoms with Gasteiger partial charge in [0.25, 0.3) is 0 Å². The molecule has 5 nitrogen and oxygen atoms in total. The van der Waals surface area contributed by atoms with Gasteiger partial charge in [-0.05, 0) is 55.1 Å². The van der Waals surface area contributed by atoms with Crippen molar-refractivity contribution < 1.29 is 22.7 Å². The highest BCUT2D eigenvalue weighted by atomic mass is 35.5. The van der Waals surface area contributed by atoms with Crippen molar-refractivity contribution in [1.29, 1.82) is 0 Å². The van der Waals surface area contributed by atoms with Crippen molar-refractivity contribution in [3.63, 3.8) is 0 Å². The van der Waals surface area contributed by atoms with Gasteiger partial charge in [0, 0.05) is 11.1 Å². The van der Waals surface area contributed by atoms with Gasteiger partial charge in [-0.15, -0.1) is 24.8 Å². The lowest BCUT2D eigenvalue weighted by molar-refractivity contribution is -0.274. The first-order valence-corrected chi connectivity index (χ1v) is 10.2. The van der Waals surface area contributed by atoms with E-state index >= 15 is 0 Å². The van der Waals surface area contributed by atoms with E-state index in [9.17, 15) is 18.0 Å². The van der Waals surface area contributed by atoms with E-state index in [-0.39, 0.29) is 24.1 Å². The molecule has 0 saturated heterocycles. The minimum Gasteiger partial charge on any atom is -0.406 e. The quantitative estimate of drug-likeness (QED) is 0.275. The van der Waals surface area contributed by atoms with Crippen LogP contribution in [0.2, 0.25) is 0 Å². The number of alkyl halides is 4. The molecule has 0 aliphatic carbocycles. The number of ether oxygens (including phenoxy) is 1. The summed E-state index contributed by atoms with van der Waals surface area (Å²) in [6.45, 7) is 7.53. The number of nitrogens with one attached hydrogen (secondary N) is 1. The molecule has 1 aromatic heterocycles. The Hall–Kier alpha value is -2.44. The fraction of sp³-hybridized carbons (Fsp3) is 0.350. The second-order valence-corrected chi connectivity index (χ2v) is 6.42. The van der Waals surface area contributed by atoms with Crippen LogP contribution < -0.4 is 10.1 Å². The van der Waals surface area contributed by atoms with Crippen molar-refractivity contribution in [2.75, 3.05) is 5.88 Å². The minimum atomic E-state index is -4.76. The van der Waals surface area contributed by atoms with Crippen LogP contribution in [-0.4, -0.2) is 28.1 Å². The predicted molar refractivity (Wildman–Crippen MR) is 112 cm³/mol. The summed E-state index contributed by atoms with van der Waals surface area (Å²) < 4.78 is 40.9. The lowest BCUT2D eigenvalue weighted by atomic mass is 10.1. The molecule has 2 rings (SSSR count). The van der Waals surface area contributed by atoms with Crippen LogP contribution >= 0.6 is 23.4 Å². The predicted octanol–water partition coefficient (Wildman–Crippen LogP) is 5.30. The van der Waals surface area contributed by atoms with Crippen molar-refractivity contribution in [1.82, 2.24) is 15.3 Å². The van der Waals surface area contributed by atoms with Crippen LogP contribution in [0.4, 0.5) is 13.2 Å². The number of benzene rings is 1. The maximum absolute atomic E-state index is 12.3. The molecule has 2 aromatic rings. The second kappa shape index (κ2) is 12.3. The number of carbonyl (C=O) groups is 1. The van der Waals surface area contributed by atoms with Gasteiger partial charge in [0.1, 0.15) is 22.5 Å². The second-order valence-electron chi connectivity index (χ2n) is 5.36. The third-order valence-electron chi connectivity index (χ3n) is 3.32. The largest absolute Gasteiger partial charge is 0.573 e. The van der Waals surface area contributed by atoms with Gasteiger partial charge in [-0.25, -0.2) is 9.97 Å². The Labute approximate surface area is 182 Å². The van der Waals surface area contributed by atoms with E-state index in [1.165, 1.54) is 36.0 Å². The summed E-state index contributed by atoms with van der Waals surface area (Å²) >= 11 is 6.66. The number of nitrogens with zero attached hydrogens (tertiary/aromatic N) is 2. The molecule has 0 bridgehead atoms. The summed E-state index contributed by atoms with van der Waals surface area (Å²) in [6.07, 6.45) is -4.76. The van der Waals surface area contributed by atoms with Crippen molar-refractivity contribution in [2.24, 2.45) is 0 Å². The Morgan fingerprint density at radius 3 is 2.40 bits per heavy atom. The fourth-order valence-electron chi connectivity index (χ4n) is 2.14.